The molecular formula is C17H22N2O5S. The standard InChI is InChI=1S/C17H22N2O5S/c1-2-23-17(20)16-10-13-9-14(3-4-15(13)24-16)25(21,22)19-11-12-5-7-18-8-6-12/h3-5,9,16,18-19H,2,6-8,10-11H2,1H3. The van der Waals surface area contributed by atoms with Crippen LogP contribution in [0.3, 0.4) is 0 Å². The molecule has 0 saturated heterocycles. The molecule has 0 spiro atoms. The van der Waals surface area contributed by atoms with Crippen molar-refractivity contribution in [3.63, 3.8) is 0 Å². The minimum Gasteiger partial charge on any atom is -0.478 e. The van der Waals surface area contributed by atoms with Crippen LogP contribution in [-0.2, 0) is 26.0 Å². The molecule has 2 heterocycles. The SMILES string of the molecule is CCOC(=O)C1Cc2cc(S(=O)(=O)NCC3=CCNCC3)ccc2O1. The molecule has 0 bridgehead atoms. The smallest absolute Gasteiger partial charge is 0.347 e. The predicted molar refractivity (Wildman–Crippen MR) is 92.0 cm³/mol. The van der Waals surface area contributed by atoms with Gasteiger partial charge in [-0.3, -0.25) is 0 Å². The van der Waals surface area contributed by atoms with Gasteiger partial charge in [-0.1, -0.05) is 11.6 Å². The fraction of sp³-hybridized carbons (Fsp3) is 0.471. The highest BCUT2D eigenvalue weighted by molar-refractivity contribution is 7.89. The van der Waals surface area contributed by atoms with Gasteiger partial charge in [0.1, 0.15) is 5.75 Å². The van der Waals surface area contributed by atoms with Gasteiger partial charge in [-0.2, -0.15) is 0 Å². The van der Waals surface area contributed by atoms with E-state index in [1.54, 1.807) is 19.1 Å². The summed E-state index contributed by atoms with van der Waals surface area (Å²) in [6.07, 6.45) is 2.45. The van der Waals surface area contributed by atoms with Gasteiger partial charge >= 0.3 is 5.97 Å². The van der Waals surface area contributed by atoms with Gasteiger partial charge in [0.05, 0.1) is 11.5 Å². The third kappa shape index (κ3) is 4.20. The molecule has 0 aliphatic carbocycles. The number of rotatable bonds is 6. The van der Waals surface area contributed by atoms with Crippen molar-refractivity contribution < 1.29 is 22.7 Å². The van der Waals surface area contributed by atoms with Crippen LogP contribution in [0.15, 0.2) is 34.7 Å². The summed E-state index contributed by atoms with van der Waals surface area (Å²) in [6.45, 7) is 3.95. The van der Waals surface area contributed by atoms with Crippen LogP contribution in [0.25, 0.3) is 0 Å². The van der Waals surface area contributed by atoms with Gasteiger partial charge in [0.25, 0.3) is 0 Å². The second-order valence-electron chi connectivity index (χ2n) is 5.97. The Balaban J connectivity index is 1.69. The van der Waals surface area contributed by atoms with Crippen LogP contribution in [0.4, 0.5) is 0 Å². The first-order valence-corrected chi connectivity index (χ1v) is 9.82. The highest BCUT2D eigenvalue weighted by atomic mass is 32.2. The Morgan fingerprint density at radius 1 is 1.44 bits per heavy atom. The quantitative estimate of drug-likeness (QED) is 0.570. The lowest BCUT2D eigenvalue weighted by molar-refractivity contribution is -0.150. The van der Waals surface area contributed by atoms with Crippen molar-refractivity contribution >= 4 is 16.0 Å². The zero-order chi connectivity index (χ0) is 17.9. The van der Waals surface area contributed by atoms with Crippen molar-refractivity contribution in [3.05, 3.63) is 35.4 Å². The lowest BCUT2D eigenvalue weighted by atomic mass is 10.1. The van der Waals surface area contributed by atoms with Gasteiger partial charge in [0, 0.05) is 19.5 Å². The summed E-state index contributed by atoms with van der Waals surface area (Å²) in [4.78, 5) is 12.0. The van der Waals surface area contributed by atoms with Crippen LogP contribution in [0.2, 0.25) is 0 Å². The number of carbonyl (C=O) groups is 1. The van der Waals surface area contributed by atoms with Crippen molar-refractivity contribution in [2.75, 3.05) is 26.2 Å². The van der Waals surface area contributed by atoms with Gasteiger partial charge in [-0.05, 0) is 43.7 Å². The molecule has 136 valence electrons. The molecule has 25 heavy (non-hydrogen) atoms. The average molecular weight is 366 g/mol. The average Bonchev–Trinajstić information content (AvgIpc) is 3.05. The lowest BCUT2D eigenvalue weighted by Crippen LogP contribution is -2.29. The molecule has 0 fully saturated rings. The van der Waals surface area contributed by atoms with Crippen molar-refractivity contribution in [1.82, 2.24) is 10.0 Å². The van der Waals surface area contributed by atoms with E-state index in [0.717, 1.165) is 25.1 Å². The van der Waals surface area contributed by atoms with Crippen LogP contribution in [0.5, 0.6) is 5.75 Å². The number of hydrogen-bond acceptors (Lipinski definition) is 6. The summed E-state index contributed by atoms with van der Waals surface area (Å²) in [5.74, 6) is 0.0946. The lowest BCUT2D eigenvalue weighted by Gasteiger charge is -2.15. The molecule has 3 rings (SSSR count). The molecule has 1 aromatic rings. The maximum Gasteiger partial charge on any atom is 0.347 e. The van der Waals surface area contributed by atoms with Gasteiger partial charge in [-0.15, -0.1) is 0 Å². The number of sulfonamides is 1. The molecular weight excluding hydrogens is 344 g/mol. The topological polar surface area (TPSA) is 93.7 Å². The van der Waals surface area contributed by atoms with E-state index in [9.17, 15) is 13.2 Å². The third-order valence-electron chi connectivity index (χ3n) is 4.21. The van der Waals surface area contributed by atoms with E-state index >= 15 is 0 Å². The van der Waals surface area contributed by atoms with Crippen molar-refractivity contribution in [3.8, 4) is 5.75 Å². The molecule has 2 N–H and O–H groups in total. The Hall–Kier alpha value is -1.90. The van der Waals surface area contributed by atoms with Crippen LogP contribution in [0, 0.1) is 0 Å². The van der Waals surface area contributed by atoms with E-state index in [-0.39, 0.29) is 11.5 Å². The number of fused-ring (bicyclic) bond motifs is 1. The fourth-order valence-corrected chi connectivity index (χ4v) is 3.95. The van der Waals surface area contributed by atoms with Gasteiger partial charge in [-0.25, -0.2) is 17.9 Å². The van der Waals surface area contributed by atoms with E-state index in [2.05, 4.69) is 10.0 Å². The minimum atomic E-state index is -3.61. The number of hydrogen-bond donors (Lipinski definition) is 2. The summed E-state index contributed by atoms with van der Waals surface area (Å²) >= 11 is 0. The van der Waals surface area contributed by atoms with Crippen molar-refractivity contribution in [2.45, 2.75) is 30.8 Å². The molecule has 0 radical (unpaired) electrons. The summed E-state index contributed by atoms with van der Waals surface area (Å²) in [6, 6.07) is 4.64. The van der Waals surface area contributed by atoms with E-state index in [1.807, 2.05) is 6.08 Å². The molecule has 7 nitrogen and oxygen atoms in total. The van der Waals surface area contributed by atoms with Gasteiger partial charge in [0.15, 0.2) is 6.10 Å². The second kappa shape index (κ2) is 7.55. The van der Waals surface area contributed by atoms with Crippen LogP contribution >= 0.6 is 0 Å². The van der Waals surface area contributed by atoms with E-state index in [1.165, 1.54) is 6.07 Å². The molecule has 0 saturated carbocycles. The number of esters is 1. The largest absolute Gasteiger partial charge is 0.478 e. The monoisotopic (exact) mass is 366 g/mol. The van der Waals surface area contributed by atoms with E-state index < -0.39 is 22.1 Å². The summed E-state index contributed by atoms with van der Waals surface area (Å²) < 4.78 is 38.1. The summed E-state index contributed by atoms with van der Waals surface area (Å²) in [7, 11) is -3.61. The predicted octanol–water partition coefficient (Wildman–Crippen LogP) is 0.751. The Labute approximate surface area is 147 Å². The Kier molecular flexibility index (Phi) is 5.41. The first kappa shape index (κ1) is 17.9. The zero-order valence-corrected chi connectivity index (χ0v) is 14.9. The maximum atomic E-state index is 12.5. The first-order chi connectivity index (χ1) is 12.0. The highest BCUT2D eigenvalue weighted by Crippen LogP contribution is 2.31. The minimum absolute atomic E-state index is 0.175. The first-order valence-electron chi connectivity index (χ1n) is 8.34. The van der Waals surface area contributed by atoms with E-state index in [4.69, 9.17) is 9.47 Å². The second-order valence-corrected chi connectivity index (χ2v) is 7.74. The molecule has 1 atom stereocenters. The van der Waals surface area contributed by atoms with Crippen LogP contribution in [0.1, 0.15) is 18.9 Å². The van der Waals surface area contributed by atoms with Gasteiger partial charge < -0.3 is 14.8 Å². The van der Waals surface area contributed by atoms with Crippen molar-refractivity contribution in [2.24, 2.45) is 0 Å². The molecule has 2 aliphatic heterocycles. The Morgan fingerprint density at radius 2 is 2.28 bits per heavy atom. The molecule has 2 aliphatic rings. The third-order valence-corrected chi connectivity index (χ3v) is 5.61. The molecule has 1 unspecified atom stereocenters. The van der Waals surface area contributed by atoms with Crippen molar-refractivity contribution in [1.29, 1.82) is 0 Å². The van der Waals surface area contributed by atoms with Crippen LogP contribution in [-0.4, -0.2) is 46.7 Å². The number of nitrogens with one attached hydrogen (secondary N) is 2. The number of benzene rings is 1. The summed E-state index contributed by atoms with van der Waals surface area (Å²) in [5.41, 5.74) is 1.77. The number of ether oxygens (including phenoxy) is 2. The summed E-state index contributed by atoms with van der Waals surface area (Å²) in [5, 5.41) is 3.19. The normalized spacial score (nSPS) is 19.7. The fourth-order valence-electron chi connectivity index (χ4n) is 2.86. The Morgan fingerprint density at radius 3 is 3.00 bits per heavy atom. The molecule has 0 aromatic heterocycles. The number of carbonyl (C=O) groups excluding carboxylic acids is 1. The molecule has 0 amide bonds. The van der Waals surface area contributed by atoms with Gasteiger partial charge in [0.2, 0.25) is 10.0 Å². The van der Waals surface area contributed by atoms with E-state index in [0.29, 0.717) is 24.3 Å². The highest BCUT2D eigenvalue weighted by Gasteiger charge is 2.31. The molecule has 8 heteroatoms. The Bertz CT molecular complexity index is 788. The maximum absolute atomic E-state index is 12.5. The molecule has 1 aromatic carbocycles. The van der Waals surface area contributed by atoms with Crippen LogP contribution < -0.4 is 14.8 Å². The zero-order valence-electron chi connectivity index (χ0n) is 14.1.